The molecular formula is C9H10ClNO2. The molecule has 4 heteroatoms. The molecule has 0 aromatic carbocycles. The zero-order chi connectivity index (χ0) is 10.3. The molecule has 0 heterocycles. The second kappa shape index (κ2) is 6.20. The topological polar surface area (TPSA) is 49.7 Å². The average molecular weight is 200 g/mol. The summed E-state index contributed by atoms with van der Waals surface area (Å²) in [5.74, 6) is -0.0867. The molecule has 1 N–H and O–H groups in total. The number of nitroso groups, excluding NO2 is 1. The van der Waals surface area contributed by atoms with Crippen LogP contribution in [0.5, 0.6) is 0 Å². The Labute approximate surface area is 81.7 Å². The van der Waals surface area contributed by atoms with Gasteiger partial charge >= 0.3 is 0 Å². The van der Waals surface area contributed by atoms with Gasteiger partial charge in [-0.15, -0.1) is 0 Å². The fourth-order valence-corrected chi connectivity index (χ4v) is 0.765. The molecule has 0 aliphatic carbocycles. The highest BCUT2D eigenvalue weighted by atomic mass is 35.5. The first-order chi connectivity index (χ1) is 6.11. The van der Waals surface area contributed by atoms with E-state index in [1.54, 1.807) is 0 Å². The Hall–Kier alpha value is -1.35. The summed E-state index contributed by atoms with van der Waals surface area (Å²) in [5.41, 5.74) is 0.406. The quantitative estimate of drug-likeness (QED) is 0.420. The molecule has 0 radical (unpaired) electrons. The highest BCUT2D eigenvalue weighted by Gasteiger charge is 1.98. The van der Waals surface area contributed by atoms with Crippen molar-refractivity contribution in [2.75, 3.05) is 6.54 Å². The Balaban J connectivity index is 4.67. The second-order valence-electron chi connectivity index (χ2n) is 2.15. The van der Waals surface area contributed by atoms with Gasteiger partial charge in [0.15, 0.2) is 0 Å². The molecule has 0 atom stereocenters. The second-order valence-corrected chi connectivity index (χ2v) is 2.64. The molecule has 0 aromatic rings. The molecule has 0 aliphatic heterocycles. The van der Waals surface area contributed by atoms with E-state index in [4.69, 9.17) is 11.6 Å². The lowest BCUT2D eigenvalue weighted by atomic mass is 10.2. The van der Waals surface area contributed by atoms with Crippen LogP contribution in [0.3, 0.4) is 0 Å². The summed E-state index contributed by atoms with van der Waals surface area (Å²) in [6, 6.07) is 0. The number of aliphatic hydroxyl groups excluding tert-OH is 1. The van der Waals surface area contributed by atoms with Crippen LogP contribution in [0.15, 0.2) is 52.9 Å². The van der Waals surface area contributed by atoms with Crippen molar-refractivity contribution in [1.82, 2.24) is 0 Å². The van der Waals surface area contributed by atoms with Crippen LogP contribution >= 0.6 is 11.6 Å². The molecule has 0 bridgehead atoms. The predicted octanol–water partition coefficient (Wildman–Crippen LogP) is 3.06. The standard InChI is InChI=1S/C9H10ClNO2/c1-3-8(6-7(2)10)9(12)4-5-11-13/h3-4,6,12H,1-2,5H2/b8-6-,9-4+. The van der Waals surface area contributed by atoms with Gasteiger partial charge in [0.05, 0.1) is 0 Å². The van der Waals surface area contributed by atoms with E-state index < -0.39 is 0 Å². The average Bonchev–Trinajstić information content (AvgIpc) is 2.09. The third-order valence-corrected chi connectivity index (χ3v) is 1.30. The number of hydrogen-bond acceptors (Lipinski definition) is 3. The van der Waals surface area contributed by atoms with Crippen molar-refractivity contribution < 1.29 is 5.11 Å². The zero-order valence-corrected chi connectivity index (χ0v) is 7.79. The van der Waals surface area contributed by atoms with Crippen LogP contribution in [0.1, 0.15) is 0 Å². The van der Waals surface area contributed by atoms with Crippen LogP contribution in [0.4, 0.5) is 0 Å². The van der Waals surface area contributed by atoms with Gasteiger partial charge in [-0.05, 0) is 12.2 Å². The van der Waals surface area contributed by atoms with Gasteiger partial charge in [-0.25, -0.2) is 0 Å². The Kier molecular flexibility index (Phi) is 5.55. The maximum absolute atomic E-state index is 9.75. The van der Waals surface area contributed by atoms with Crippen LogP contribution in [-0.4, -0.2) is 11.7 Å². The first kappa shape index (κ1) is 11.6. The van der Waals surface area contributed by atoms with Crippen LogP contribution in [0, 0.1) is 4.91 Å². The molecule has 0 aliphatic rings. The summed E-state index contributed by atoms with van der Waals surface area (Å²) in [4.78, 5) is 9.75. The Morgan fingerprint density at radius 2 is 2.23 bits per heavy atom. The maximum atomic E-state index is 9.75. The van der Waals surface area contributed by atoms with E-state index in [-0.39, 0.29) is 17.3 Å². The first-order valence-electron chi connectivity index (χ1n) is 3.49. The third kappa shape index (κ3) is 4.98. The number of halogens is 1. The van der Waals surface area contributed by atoms with Crippen molar-refractivity contribution in [3.8, 4) is 0 Å². The van der Waals surface area contributed by atoms with Crippen molar-refractivity contribution >= 4 is 11.6 Å². The van der Waals surface area contributed by atoms with Gasteiger partial charge in [-0.2, -0.15) is 4.91 Å². The van der Waals surface area contributed by atoms with Crippen molar-refractivity contribution in [2.45, 2.75) is 0 Å². The summed E-state index contributed by atoms with van der Waals surface area (Å²) in [5, 5.41) is 12.2. The van der Waals surface area contributed by atoms with E-state index in [0.717, 1.165) is 0 Å². The molecule has 0 unspecified atom stereocenters. The molecule has 13 heavy (non-hydrogen) atoms. The normalized spacial score (nSPS) is 12.4. The SMILES string of the molecule is C=CC(=C/C(=C)Cl)/C(O)=C\CN=O. The number of allylic oxidation sites excluding steroid dienone is 3. The van der Waals surface area contributed by atoms with Crippen molar-refractivity contribution in [2.24, 2.45) is 5.18 Å². The van der Waals surface area contributed by atoms with E-state index in [0.29, 0.717) is 5.57 Å². The lowest BCUT2D eigenvalue weighted by Crippen LogP contribution is -1.86. The van der Waals surface area contributed by atoms with Gasteiger partial charge < -0.3 is 5.11 Å². The predicted molar refractivity (Wildman–Crippen MR) is 54.6 cm³/mol. The van der Waals surface area contributed by atoms with Crippen LogP contribution < -0.4 is 0 Å². The molecular weight excluding hydrogens is 190 g/mol. The van der Waals surface area contributed by atoms with Gasteiger partial charge in [0.2, 0.25) is 0 Å². The highest BCUT2D eigenvalue weighted by Crippen LogP contribution is 2.12. The van der Waals surface area contributed by atoms with Gasteiger partial charge in [0.1, 0.15) is 12.3 Å². The van der Waals surface area contributed by atoms with E-state index in [9.17, 15) is 10.0 Å². The fourth-order valence-electron chi connectivity index (χ4n) is 0.648. The van der Waals surface area contributed by atoms with Crippen molar-refractivity contribution in [3.05, 3.63) is 52.7 Å². The third-order valence-electron chi connectivity index (χ3n) is 1.19. The smallest absolute Gasteiger partial charge is 0.120 e. The summed E-state index contributed by atoms with van der Waals surface area (Å²) in [6.07, 6.45) is 4.11. The number of rotatable bonds is 5. The van der Waals surface area contributed by atoms with Gasteiger partial charge in [0, 0.05) is 10.6 Å². The number of aliphatic hydroxyl groups is 1. The summed E-state index contributed by atoms with van der Waals surface area (Å²) >= 11 is 5.49. The van der Waals surface area contributed by atoms with Crippen LogP contribution in [-0.2, 0) is 0 Å². The Morgan fingerprint density at radius 1 is 1.62 bits per heavy atom. The maximum Gasteiger partial charge on any atom is 0.120 e. The molecule has 0 saturated carbocycles. The van der Waals surface area contributed by atoms with E-state index in [1.807, 2.05) is 0 Å². The van der Waals surface area contributed by atoms with Crippen LogP contribution in [0.25, 0.3) is 0 Å². The minimum Gasteiger partial charge on any atom is -0.508 e. The monoisotopic (exact) mass is 199 g/mol. The molecule has 70 valence electrons. The fraction of sp³-hybridized carbons (Fsp3) is 0.111. The first-order valence-corrected chi connectivity index (χ1v) is 3.86. The van der Waals surface area contributed by atoms with Crippen LogP contribution in [0.2, 0.25) is 0 Å². The number of hydrogen-bond donors (Lipinski definition) is 1. The molecule has 0 rings (SSSR count). The van der Waals surface area contributed by atoms with E-state index in [2.05, 4.69) is 18.3 Å². The lowest BCUT2D eigenvalue weighted by Gasteiger charge is -1.98. The summed E-state index contributed by atoms with van der Waals surface area (Å²) in [7, 11) is 0. The summed E-state index contributed by atoms with van der Waals surface area (Å²) in [6.45, 7) is 6.80. The van der Waals surface area contributed by atoms with E-state index >= 15 is 0 Å². The largest absolute Gasteiger partial charge is 0.508 e. The Morgan fingerprint density at radius 3 is 2.62 bits per heavy atom. The van der Waals surface area contributed by atoms with Crippen molar-refractivity contribution in [3.63, 3.8) is 0 Å². The number of nitrogens with zero attached hydrogens (tertiary/aromatic N) is 1. The minimum atomic E-state index is -0.0915. The molecule has 3 nitrogen and oxygen atoms in total. The Bertz CT molecular complexity index is 279. The molecule has 0 fully saturated rings. The summed E-state index contributed by atoms with van der Waals surface area (Å²) < 4.78 is 0. The molecule has 0 spiro atoms. The van der Waals surface area contributed by atoms with E-state index in [1.165, 1.54) is 18.2 Å². The molecule has 0 amide bonds. The highest BCUT2D eigenvalue weighted by molar-refractivity contribution is 6.30. The molecule has 0 aromatic heterocycles. The van der Waals surface area contributed by atoms with Crippen molar-refractivity contribution in [1.29, 1.82) is 0 Å². The van der Waals surface area contributed by atoms with Gasteiger partial charge in [0.25, 0.3) is 0 Å². The zero-order valence-electron chi connectivity index (χ0n) is 7.03. The van der Waals surface area contributed by atoms with Gasteiger partial charge in [-0.1, -0.05) is 36.0 Å². The van der Waals surface area contributed by atoms with Gasteiger partial charge in [-0.3, -0.25) is 0 Å². The lowest BCUT2D eigenvalue weighted by molar-refractivity contribution is 0.424. The minimum absolute atomic E-state index is 0.0867. The molecule has 0 saturated heterocycles.